The van der Waals surface area contributed by atoms with Crippen LogP contribution in [0.2, 0.25) is 0 Å². The molecule has 0 spiro atoms. The van der Waals surface area contributed by atoms with Crippen molar-refractivity contribution >= 4 is 34.3 Å². The summed E-state index contributed by atoms with van der Waals surface area (Å²) in [6.07, 6.45) is 0.640. The van der Waals surface area contributed by atoms with E-state index in [1.54, 1.807) is 6.92 Å². The minimum atomic E-state index is -0.739. The Morgan fingerprint density at radius 2 is 1.80 bits per heavy atom. The summed E-state index contributed by atoms with van der Waals surface area (Å²) in [5.74, 6) is -1.27. The van der Waals surface area contributed by atoms with Crippen molar-refractivity contribution in [1.82, 2.24) is 15.5 Å². The van der Waals surface area contributed by atoms with Crippen LogP contribution in [0.4, 0.5) is 5.13 Å². The predicted octanol–water partition coefficient (Wildman–Crippen LogP) is 3.33. The molecule has 0 saturated heterocycles. The van der Waals surface area contributed by atoms with E-state index in [1.165, 1.54) is 11.3 Å². The van der Waals surface area contributed by atoms with Crippen LogP contribution in [0, 0.1) is 12.8 Å². The number of aryl methyl sites for hydroxylation is 1. The van der Waals surface area contributed by atoms with E-state index in [0.29, 0.717) is 16.6 Å². The van der Waals surface area contributed by atoms with Gasteiger partial charge >= 0.3 is 5.97 Å². The zero-order chi connectivity index (χ0) is 22.1. The first kappa shape index (κ1) is 23.5. The molecule has 8 nitrogen and oxygen atoms in total. The molecule has 30 heavy (non-hydrogen) atoms. The number of hydrogen-bond acceptors (Lipinski definition) is 7. The smallest absolute Gasteiger partial charge is 0.306 e. The molecule has 2 atom stereocenters. The molecule has 2 N–H and O–H groups in total. The molecule has 1 aromatic heterocycles. The fraction of sp³-hybridized carbons (Fsp3) is 0.476. The number of rotatable bonds is 10. The minimum Gasteiger partial charge on any atom is -0.466 e. The van der Waals surface area contributed by atoms with E-state index in [1.807, 2.05) is 45.0 Å². The molecule has 1 aromatic carbocycles. The molecular formula is C21H28N4O4S. The fourth-order valence-corrected chi connectivity index (χ4v) is 3.42. The Morgan fingerprint density at radius 3 is 2.43 bits per heavy atom. The second-order valence-corrected chi connectivity index (χ2v) is 7.98. The van der Waals surface area contributed by atoms with Crippen molar-refractivity contribution in [3.05, 3.63) is 29.8 Å². The number of carbonyl (C=O) groups excluding carboxylic acids is 3. The highest BCUT2D eigenvalue weighted by Crippen LogP contribution is 2.26. The first-order valence-corrected chi connectivity index (χ1v) is 10.8. The number of ether oxygens (including phenoxy) is 1. The van der Waals surface area contributed by atoms with E-state index in [4.69, 9.17) is 4.74 Å². The lowest BCUT2D eigenvalue weighted by atomic mass is 9.98. The van der Waals surface area contributed by atoms with Gasteiger partial charge < -0.3 is 10.1 Å². The molecule has 0 fully saturated rings. The lowest BCUT2D eigenvalue weighted by molar-refractivity contribution is -0.144. The quantitative estimate of drug-likeness (QED) is 0.557. The zero-order valence-electron chi connectivity index (χ0n) is 17.7. The summed E-state index contributed by atoms with van der Waals surface area (Å²) in [6.45, 7) is 7.80. The van der Waals surface area contributed by atoms with E-state index in [-0.39, 0.29) is 37.2 Å². The molecule has 2 aromatic rings. The molecule has 1 heterocycles. The number of esters is 1. The first-order chi connectivity index (χ1) is 14.3. The second-order valence-electron chi connectivity index (χ2n) is 7.00. The van der Waals surface area contributed by atoms with Crippen molar-refractivity contribution in [2.75, 3.05) is 11.9 Å². The van der Waals surface area contributed by atoms with Gasteiger partial charge in [0.15, 0.2) is 0 Å². The van der Waals surface area contributed by atoms with Gasteiger partial charge in [-0.1, -0.05) is 61.4 Å². The summed E-state index contributed by atoms with van der Waals surface area (Å²) in [5.41, 5.74) is 2.07. The van der Waals surface area contributed by atoms with Gasteiger partial charge in [0.25, 0.3) is 0 Å². The number of aromatic nitrogens is 2. The van der Waals surface area contributed by atoms with Crippen LogP contribution < -0.4 is 10.6 Å². The third-order valence-corrected chi connectivity index (χ3v) is 5.51. The lowest BCUT2D eigenvalue weighted by Gasteiger charge is -2.22. The van der Waals surface area contributed by atoms with Crippen molar-refractivity contribution in [2.24, 2.45) is 5.92 Å². The molecule has 2 amide bonds. The first-order valence-electron chi connectivity index (χ1n) is 10.00. The average molecular weight is 433 g/mol. The number of nitrogens with zero attached hydrogens (tertiary/aromatic N) is 2. The van der Waals surface area contributed by atoms with Gasteiger partial charge in [0.05, 0.1) is 13.0 Å². The summed E-state index contributed by atoms with van der Waals surface area (Å²) in [6, 6.07) is 7.14. The minimum absolute atomic E-state index is 0.0230. The zero-order valence-corrected chi connectivity index (χ0v) is 18.5. The van der Waals surface area contributed by atoms with Crippen molar-refractivity contribution in [1.29, 1.82) is 0 Å². The normalized spacial score (nSPS) is 12.7. The molecule has 2 unspecified atom stereocenters. The van der Waals surface area contributed by atoms with E-state index < -0.39 is 12.0 Å². The SMILES string of the molecule is CCOC(=O)CCC(=O)NC(C(=O)Nc1nnc(-c2ccc(C)cc2)s1)C(C)CC. The molecule has 0 aliphatic rings. The molecule has 0 saturated carbocycles. The van der Waals surface area contributed by atoms with Crippen LogP contribution in [0.15, 0.2) is 24.3 Å². The van der Waals surface area contributed by atoms with Gasteiger partial charge in [0.2, 0.25) is 16.9 Å². The third kappa shape index (κ3) is 6.91. The number of amides is 2. The molecule has 0 aliphatic carbocycles. The van der Waals surface area contributed by atoms with Gasteiger partial charge in [-0.3, -0.25) is 19.7 Å². The summed E-state index contributed by atoms with van der Waals surface area (Å²) in [5, 5.41) is 14.7. The third-order valence-electron chi connectivity index (χ3n) is 4.63. The number of benzene rings is 1. The van der Waals surface area contributed by atoms with Crippen LogP contribution in [0.5, 0.6) is 0 Å². The molecule has 162 valence electrons. The maximum atomic E-state index is 12.8. The van der Waals surface area contributed by atoms with Gasteiger partial charge in [-0.15, -0.1) is 10.2 Å². The maximum absolute atomic E-state index is 12.8. The Kier molecular flexibility index (Phi) is 8.91. The molecule has 0 aliphatic heterocycles. The van der Waals surface area contributed by atoms with Crippen LogP contribution in [0.1, 0.15) is 45.6 Å². The number of hydrogen-bond donors (Lipinski definition) is 2. The van der Waals surface area contributed by atoms with Crippen LogP contribution in [0.3, 0.4) is 0 Å². The predicted molar refractivity (Wildman–Crippen MR) is 116 cm³/mol. The lowest BCUT2D eigenvalue weighted by Crippen LogP contribution is -2.47. The highest BCUT2D eigenvalue weighted by molar-refractivity contribution is 7.18. The summed E-state index contributed by atoms with van der Waals surface area (Å²) < 4.78 is 4.83. The molecular weight excluding hydrogens is 404 g/mol. The second kappa shape index (κ2) is 11.4. The summed E-state index contributed by atoms with van der Waals surface area (Å²) in [4.78, 5) is 36.5. The van der Waals surface area contributed by atoms with Gasteiger partial charge in [0, 0.05) is 12.0 Å². The Balaban J connectivity index is 2.00. The van der Waals surface area contributed by atoms with Gasteiger partial charge in [-0.05, 0) is 19.8 Å². The number of anilines is 1. The topological polar surface area (TPSA) is 110 Å². The van der Waals surface area contributed by atoms with E-state index in [2.05, 4.69) is 20.8 Å². The monoisotopic (exact) mass is 432 g/mol. The molecule has 9 heteroatoms. The molecule has 0 radical (unpaired) electrons. The Labute approximate surface area is 180 Å². The standard InChI is InChI=1S/C21H28N4O4S/c1-5-14(4)18(22-16(26)11-12-17(27)29-6-2)19(28)23-21-25-24-20(30-21)15-9-7-13(3)8-10-15/h7-10,14,18H,5-6,11-12H2,1-4H3,(H,22,26)(H,23,25,28). The van der Waals surface area contributed by atoms with E-state index >= 15 is 0 Å². The average Bonchev–Trinajstić information content (AvgIpc) is 3.19. The largest absolute Gasteiger partial charge is 0.466 e. The number of nitrogens with one attached hydrogen (secondary N) is 2. The fourth-order valence-electron chi connectivity index (χ4n) is 2.67. The highest BCUT2D eigenvalue weighted by atomic mass is 32.1. The Bertz CT molecular complexity index is 866. The summed E-state index contributed by atoms with van der Waals surface area (Å²) in [7, 11) is 0. The van der Waals surface area contributed by atoms with Gasteiger partial charge in [-0.25, -0.2) is 0 Å². The van der Waals surface area contributed by atoms with Gasteiger partial charge in [-0.2, -0.15) is 0 Å². The van der Waals surface area contributed by atoms with Crippen molar-refractivity contribution in [2.45, 2.75) is 53.0 Å². The van der Waals surface area contributed by atoms with Crippen molar-refractivity contribution < 1.29 is 19.1 Å². The number of carbonyl (C=O) groups is 3. The van der Waals surface area contributed by atoms with Crippen LogP contribution in [-0.4, -0.2) is 40.6 Å². The van der Waals surface area contributed by atoms with E-state index in [0.717, 1.165) is 11.1 Å². The van der Waals surface area contributed by atoms with Gasteiger partial charge in [0.1, 0.15) is 11.0 Å². The van der Waals surface area contributed by atoms with Crippen molar-refractivity contribution in [3.63, 3.8) is 0 Å². The summed E-state index contributed by atoms with van der Waals surface area (Å²) >= 11 is 1.27. The van der Waals surface area contributed by atoms with Crippen LogP contribution in [0.25, 0.3) is 10.6 Å². The maximum Gasteiger partial charge on any atom is 0.306 e. The Morgan fingerprint density at radius 1 is 1.10 bits per heavy atom. The van der Waals surface area contributed by atoms with Crippen LogP contribution >= 0.6 is 11.3 Å². The highest BCUT2D eigenvalue weighted by Gasteiger charge is 2.27. The van der Waals surface area contributed by atoms with E-state index in [9.17, 15) is 14.4 Å². The van der Waals surface area contributed by atoms with Crippen molar-refractivity contribution in [3.8, 4) is 10.6 Å². The molecule has 2 rings (SSSR count). The molecule has 0 bridgehead atoms. The van der Waals surface area contributed by atoms with Crippen LogP contribution in [-0.2, 0) is 19.1 Å². The Hall–Kier alpha value is -2.81.